The molecule has 0 aliphatic heterocycles. The molecule has 0 saturated carbocycles. The lowest BCUT2D eigenvalue weighted by molar-refractivity contribution is -0.386. The maximum atomic E-state index is 13.0. The summed E-state index contributed by atoms with van der Waals surface area (Å²) < 4.78 is 18.2. The largest absolute Gasteiger partial charge is 0.485 e. The molecule has 1 rings (SSSR count). The number of ether oxygens (including phenoxy) is 1. The van der Waals surface area contributed by atoms with Gasteiger partial charge in [0.2, 0.25) is 5.75 Å². The number of nitrogens with two attached hydrogens (primary N) is 1. The van der Waals surface area contributed by atoms with Gasteiger partial charge in [0.15, 0.2) is 0 Å². The van der Waals surface area contributed by atoms with Crippen molar-refractivity contribution in [3.63, 3.8) is 0 Å². The molecule has 0 radical (unpaired) electrons. The molecule has 1 aromatic carbocycles. The van der Waals surface area contributed by atoms with Gasteiger partial charge in [0.25, 0.3) is 0 Å². The summed E-state index contributed by atoms with van der Waals surface area (Å²) in [5.41, 5.74) is 1.15. The van der Waals surface area contributed by atoms with Gasteiger partial charge in [-0.15, -0.1) is 0 Å². The second-order valence-corrected chi connectivity index (χ2v) is 4.04. The van der Waals surface area contributed by atoms with Crippen molar-refractivity contribution in [1.29, 1.82) is 0 Å². The lowest BCUT2D eigenvalue weighted by Gasteiger charge is -2.08. The van der Waals surface area contributed by atoms with E-state index < -0.39 is 22.4 Å². The highest BCUT2D eigenvalue weighted by atomic mass is 79.9. The first-order valence-corrected chi connectivity index (χ1v) is 5.66. The molecule has 0 aliphatic carbocycles. The van der Waals surface area contributed by atoms with Crippen LogP contribution in [0, 0.1) is 15.9 Å². The van der Waals surface area contributed by atoms with E-state index in [9.17, 15) is 19.3 Å². The minimum atomic E-state index is -0.789. The third kappa shape index (κ3) is 4.43. The molecule has 0 saturated heterocycles. The van der Waals surface area contributed by atoms with Crippen LogP contribution in [0.5, 0.6) is 5.75 Å². The van der Waals surface area contributed by atoms with Gasteiger partial charge >= 0.3 is 11.7 Å². The number of nitrogens with zero attached hydrogens (tertiary/aromatic N) is 1. The zero-order valence-electron chi connectivity index (χ0n) is 9.39. The first kappa shape index (κ1) is 15.3. The van der Waals surface area contributed by atoms with E-state index in [0.717, 1.165) is 12.1 Å². The predicted octanol–water partition coefficient (Wildman–Crippen LogP) is 1.19. The minimum absolute atomic E-state index is 0.0736. The zero-order chi connectivity index (χ0) is 14.4. The Balaban J connectivity index is 2.77. The fraction of sp³-hybridized carbons (Fsp3) is 0.222. The molecule has 104 valence electrons. The van der Waals surface area contributed by atoms with Gasteiger partial charge in [0.1, 0.15) is 5.82 Å². The lowest BCUT2D eigenvalue weighted by atomic mass is 10.3. The summed E-state index contributed by atoms with van der Waals surface area (Å²) >= 11 is 2.95. The van der Waals surface area contributed by atoms with Crippen LogP contribution in [0.15, 0.2) is 16.6 Å². The van der Waals surface area contributed by atoms with Crippen molar-refractivity contribution in [3.05, 3.63) is 32.5 Å². The SMILES string of the molecule is NNOC(=O)CCOc1c(Br)cc(F)cc1[N+](=O)[O-]. The van der Waals surface area contributed by atoms with Crippen LogP contribution < -0.4 is 16.2 Å². The average molecular weight is 338 g/mol. The normalized spacial score (nSPS) is 10.1. The third-order valence-corrected chi connectivity index (χ3v) is 2.50. The van der Waals surface area contributed by atoms with Crippen molar-refractivity contribution < 1.29 is 23.7 Å². The molecule has 0 aromatic heterocycles. The van der Waals surface area contributed by atoms with Gasteiger partial charge in [0, 0.05) is 0 Å². The number of nitro groups is 1. The Morgan fingerprint density at radius 3 is 2.84 bits per heavy atom. The van der Waals surface area contributed by atoms with Crippen molar-refractivity contribution in [2.24, 2.45) is 5.84 Å². The second-order valence-electron chi connectivity index (χ2n) is 3.18. The maximum Gasteiger partial charge on any atom is 0.329 e. The molecule has 0 atom stereocenters. The summed E-state index contributed by atoms with van der Waals surface area (Å²) in [5, 5.41) is 10.7. The highest BCUT2D eigenvalue weighted by Crippen LogP contribution is 2.35. The fourth-order valence-corrected chi connectivity index (χ4v) is 1.71. The van der Waals surface area contributed by atoms with E-state index in [4.69, 9.17) is 10.6 Å². The second kappa shape index (κ2) is 6.97. The van der Waals surface area contributed by atoms with Crippen LogP contribution >= 0.6 is 15.9 Å². The van der Waals surface area contributed by atoms with E-state index in [1.165, 1.54) is 0 Å². The van der Waals surface area contributed by atoms with Gasteiger partial charge in [-0.05, 0) is 22.0 Å². The number of hydrogen-bond acceptors (Lipinski definition) is 7. The number of benzene rings is 1. The fourth-order valence-electron chi connectivity index (χ4n) is 1.18. The van der Waals surface area contributed by atoms with Crippen LogP contribution in [0.25, 0.3) is 0 Å². The van der Waals surface area contributed by atoms with Gasteiger partial charge in [0.05, 0.1) is 28.5 Å². The molecular weight excluding hydrogens is 329 g/mol. The van der Waals surface area contributed by atoms with Crippen LogP contribution in [0.3, 0.4) is 0 Å². The van der Waals surface area contributed by atoms with E-state index in [2.05, 4.69) is 20.8 Å². The number of nitrogens with one attached hydrogen (secondary N) is 1. The number of hydrazine groups is 1. The average Bonchev–Trinajstić information content (AvgIpc) is 2.31. The molecule has 0 amide bonds. The van der Waals surface area contributed by atoms with Gasteiger partial charge < -0.3 is 9.57 Å². The lowest BCUT2D eigenvalue weighted by Crippen LogP contribution is -2.27. The van der Waals surface area contributed by atoms with Crippen molar-refractivity contribution >= 4 is 27.6 Å². The van der Waals surface area contributed by atoms with Gasteiger partial charge in [-0.3, -0.25) is 14.9 Å². The number of carbonyl (C=O) groups excluding carboxylic acids is 1. The maximum absolute atomic E-state index is 13.0. The Hall–Kier alpha value is -1.78. The first-order chi connectivity index (χ1) is 8.95. The van der Waals surface area contributed by atoms with Crippen molar-refractivity contribution in [2.75, 3.05) is 6.61 Å². The Morgan fingerprint density at radius 1 is 1.58 bits per heavy atom. The van der Waals surface area contributed by atoms with Crippen LogP contribution in [0.2, 0.25) is 0 Å². The van der Waals surface area contributed by atoms with Crippen LogP contribution in [0.4, 0.5) is 10.1 Å². The Morgan fingerprint density at radius 2 is 2.26 bits per heavy atom. The third-order valence-electron chi connectivity index (χ3n) is 1.91. The Labute approximate surface area is 114 Å². The van der Waals surface area contributed by atoms with E-state index >= 15 is 0 Å². The summed E-state index contributed by atoms with van der Waals surface area (Å²) in [7, 11) is 0. The minimum Gasteiger partial charge on any atom is -0.485 e. The first-order valence-electron chi connectivity index (χ1n) is 4.87. The summed E-state index contributed by atoms with van der Waals surface area (Å²) in [6.45, 7) is -0.189. The number of hydrogen-bond donors (Lipinski definition) is 2. The molecule has 0 fully saturated rings. The quantitative estimate of drug-likeness (QED) is 0.454. The molecule has 3 N–H and O–H groups in total. The monoisotopic (exact) mass is 337 g/mol. The van der Waals surface area contributed by atoms with E-state index in [1.807, 2.05) is 0 Å². The molecule has 0 bridgehead atoms. The zero-order valence-corrected chi connectivity index (χ0v) is 11.0. The summed E-state index contributed by atoms with van der Waals surface area (Å²) in [6.07, 6.45) is -0.189. The highest BCUT2D eigenvalue weighted by molar-refractivity contribution is 9.10. The summed E-state index contributed by atoms with van der Waals surface area (Å²) in [6, 6.07) is 1.74. The summed E-state index contributed by atoms with van der Waals surface area (Å²) in [4.78, 5) is 25.1. The smallest absolute Gasteiger partial charge is 0.329 e. The van der Waals surface area contributed by atoms with Crippen molar-refractivity contribution in [3.8, 4) is 5.75 Å². The number of carbonyl (C=O) groups is 1. The topological polar surface area (TPSA) is 117 Å². The Kier molecular flexibility index (Phi) is 5.60. The van der Waals surface area contributed by atoms with Crippen LogP contribution in [-0.2, 0) is 9.63 Å². The number of halogens is 2. The number of nitro benzene ring substituents is 1. The molecule has 8 nitrogen and oxygen atoms in total. The Bertz CT molecular complexity index is 499. The molecule has 0 aliphatic rings. The molecule has 10 heteroatoms. The van der Waals surface area contributed by atoms with Crippen LogP contribution in [-0.4, -0.2) is 17.5 Å². The van der Waals surface area contributed by atoms with E-state index in [0.29, 0.717) is 0 Å². The predicted molar refractivity (Wildman–Crippen MR) is 64.3 cm³/mol. The van der Waals surface area contributed by atoms with Gasteiger partial charge in [-0.25, -0.2) is 10.2 Å². The molecule has 0 heterocycles. The van der Waals surface area contributed by atoms with Crippen molar-refractivity contribution in [1.82, 2.24) is 5.59 Å². The summed E-state index contributed by atoms with van der Waals surface area (Å²) in [5.74, 6) is 3.09. The molecule has 0 spiro atoms. The molecular formula is C9H9BrFN3O5. The molecule has 19 heavy (non-hydrogen) atoms. The van der Waals surface area contributed by atoms with E-state index in [-0.39, 0.29) is 23.2 Å². The molecule has 1 aromatic rings. The highest BCUT2D eigenvalue weighted by Gasteiger charge is 2.21. The van der Waals surface area contributed by atoms with Gasteiger partial charge in [-0.1, -0.05) is 5.59 Å². The van der Waals surface area contributed by atoms with Crippen molar-refractivity contribution in [2.45, 2.75) is 6.42 Å². The number of rotatable bonds is 6. The van der Waals surface area contributed by atoms with E-state index in [1.54, 1.807) is 5.59 Å². The van der Waals surface area contributed by atoms with Crippen LogP contribution in [0.1, 0.15) is 6.42 Å². The molecule has 0 unspecified atom stereocenters. The standard InChI is InChI=1S/C9H9BrFN3O5/c10-6-3-5(11)4-7(14(16)17)9(6)18-2-1-8(15)19-13-12/h3-4,13H,1-2,12H2. The van der Waals surface area contributed by atoms with Gasteiger partial charge in [-0.2, -0.15) is 0 Å².